The largest absolute Gasteiger partial charge is 0.422 e. The van der Waals surface area contributed by atoms with Gasteiger partial charge in [-0.1, -0.05) is 26.0 Å². The molecule has 0 bridgehead atoms. The van der Waals surface area contributed by atoms with Crippen LogP contribution in [0.5, 0.6) is 5.75 Å². The van der Waals surface area contributed by atoms with Crippen LogP contribution in [0.25, 0.3) is 0 Å². The van der Waals surface area contributed by atoms with E-state index in [1.54, 1.807) is 19.1 Å². The van der Waals surface area contributed by atoms with Crippen LogP contribution in [-0.4, -0.2) is 5.97 Å². The van der Waals surface area contributed by atoms with E-state index in [4.69, 9.17) is 4.74 Å². The topological polar surface area (TPSA) is 26.3 Å². The Bertz CT molecular complexity index is 724. The first-order chi connectivity index (χ1) is 10.3. The number of benzene rings is 2. The molecule has 0 amide bonds. The number of carbonyl (C=O) groups excluding carboxylic acids is 1. The Hall–Kier alpha value is -2.30. The van der Waals surface area contributed by atoms with Gasteiger partial charge in [0.15, 0.2) is 11.6 Å². The van der Waals surface area contributed by atoms with E-state index in [9.17, 15) is 18.0 Å². The van der Waals surface area contributed by atoms with E-state index in [2.05, 4.69) is 0 Å². The van der Waals surface area contributed by atoms with E-state index < -0.39 is 29.0 Å². The minimum atomic E-state index is -1.55. The summed E-state index contributed by atoms with van der Waals surface area (Å²) in [5.41, 5.74) is 0.514. The number of halogens is 3. The van der Waals surface area contributed by atoms with Gasteiger partial charge in [-0.15, -0.1) is 0 Å². The van der Waals surface area contributed by atoms with Crippen molar-refractivity contribution in [3.63, 3.8) is 0 Å². The standard InChI is InChI=1S/C17H15F3O2/c1-9(2)11-5-4-10(3)8-14(11)22-17(21)15-12(18)6-7-13(19)16(15)20/h4-9H,1-3H3. The molecule has 2 rings (SSSR count). The molecule has 2 aromatic rings. The van der Waals surface area contributed by atoms with E-state index in [1.165, 1.54) is 0 Å². The summed E-state index contributed by atoms with van der Waals surface area (Å²) in [5.74, 6) is -5.02. The molecular formula is C17H15F3O2. The monoisotopic (exact) mass is 308 g/mol. The average Bonchev–Trinajstić information content (AvgIpc) is 2.43. The van der Waals surface area contributed by atoms with Crippen LogP contribution in [0.4, 0.5) is 13.2 Å². The van der Waals surface area contributed by atoms with Crippen molar-refractivity contribution in [1.29, 1.82) is 0 Å². The molecule has 0 heterocycles. The van der Waals surface area contributed by atoms with Gasteiger partial charge in [0.1, 0.15) is 17.1 Å². The third-order valence-corrected chi connectivity index (χ3v) is 3.24. The van der Waals surface area contributed by atoms with Crippen molar-refractivity contribution in [3.05, 3.63) is 64.5 Å². The number of aryl methyl sites for hydroxylation is 1. The van der Waals surface area contributed by atoms with Crippen molar-refractivity contribution in [3.8, 4) is 5.75 Å². The average molecular weight is 308 g/mol. The molecule has 5 heteroatoms. The van der Waals surface area contributed by atoms with Crippen LogP contribution < -0.4 is 4.74 Å². The molecule has 2 aromatic carbocycles. The zero-order valence-electron chi connectivity index (χ0n) is 12.4. The van der Waals surface area contributed by atoms with Gasteiger partial charge in [-0.05, 0) is 42.2 Å². The molecule has 0 radical (unpaired) electrons. The molecule has 0 unspecified atom stereocenters. The van der Waals surface area contributed by atoms with E-state index >= 15 is 0 Å². The quantitative estimate of drug-likeness (QED) is 0.464. The van der Waals surface area contributed by atoms with E-state index in [1.807, 2.05) is 19.9 Å². The fourth-order valence-corrected chi connectivity index (χ4v) is 2.07. The first-order valence-electron chi connectivity index (χ1n) is 6.77. The number of carbonyl (C=O) groups is 1. The maximum absolute atomic E-state index is 13.6. The SMILES string of the molecule is Cc1ccc(C(C)C)c(OC(=O)c2c(F)ccc(F)c2F)c1. The molecule has 0 aliphatic heterocycles. The molecule has 0 spiro atoms. The van der Waals surface area contributed by atoms with Crippen molar-refractivity contribution < 1.29 is 22.7 Å². The predicted octanol–water partition coefficient (Wildman–Crippen LogP) is 4.75. The summed E-state index contributed by atoms with van der Waals surface area (Å²) in [6.45, 7) is 5.58. The Balaban J connectivity index is 2.42. The smallest absolute Gasteiger partial charge is 0.349 e. The number of hydrogen-bond acceptors (Lipinski definition) is 2. The number of esters is 1. The molecule has 0 aliphatic rings. The maximum Gasteiger partial charge on any atom is 0.349 e. The normalized spacial score (nSPS) is 10.9. The lowest BCUT2D eigenvalue weighted by molar-refractivity contribution is 0.0721. The highest BCUT2D eigenvalue weighted by molar-refractivity contribution is 5.91. The second-order valence-corrected chi connectivity index (χ2v) is 5.30. The Labute approximate surface area is 126 Å². The molecule has 0 aliphatic carbocycles. The van der Waals surface area contributed by atoms with Gasteiger partial charge >= 0.3 is 5.97 Å². The lowest BCUT2D eigenvalue weighted by atomic mass is 10.0. The summed E-state index contributed by atoms with van der Waals surface area (Å²) < 4.78 is 45.5. The fraction of sp³-hybridized carbons (Fsp3) is 0.235. The second-order valence-electron chi connectivity index (χ2n) is 5.30. The van der Waals surface area contributed by atoms with Gasteiger partial charge in [0.25, 0.3) is 0 Å². The first kappa shape index (κ1) is 16.1. The number of hydrogen-bond donors (Lipinski definition) is 0. The Kier molecular flexibility index (Phi) is 4.54. The summed E-state index contributed by atoms with van der Waals surface area (Å²) in [7, 11) is 0. The van der Waals surface area contributed by atoms with Crippen LogP contribution in [0.15, 0.2) is 30.3 Å². The van der Waals surface area contributed by atoms with Gasteiger partial charge in [-0.25, -0.2) is 18.0 Å². The van der Waals surface area contributed by atoms with Crippen LogP contribution in [0.3, 0.4) is 0 Å². The lowest BCUT2D eigenvalue weighted by Gasteiger charge is -2.14. The summed E-state index contributed by atoms with van der Waals surface area (Å²) in [6, 6.07) is 6.53. The zero-order valence-corrected chi connectivity index (χ0v) is 12.4. The third-order valence-electron chi connectivity index (χ3n) is 3.24. The summed E-state index contributed by atoms with van der Waals surface area (Å²) in [5, 5.41) is 0. The van der Waals surface area contributed by atoms with Crippen molar-refractivity contribution >= 4 is 5.97 Å². The zero-order chi connectivity index (χ0) is 16.4. The third kappa shape index (κ3) is 3.13. The molecule has 0 saturated carbocycles. The Morgan fingerprint density at radius 3 is 2.32 bits per heavy atom. The van der Waals surface area contributed by atoms with Gasteiger partial charge in [0.05, 0.1) is 0 Å². The van der Waals surface area contributed by atoms with E-state index in [0.717, 1.165) is 11.1 Å². The minimum Gasteiger partial charge on any atom is -0.422 e. The Morgan fingerprint density at radius 2 is 1.68 bits per heavy atom. The number of ether oxygens (including phenoxy) is 1. The maximum atomic E-state index is 13.6. The van der Waals surface area contributed by atoms with Crippen molar-refractivity contribution in [1.82, 2.24) is 0 Å². The first-order valence-corrected chi connectivity index (χ1v) is 6.77. The van der Waals surface area contributed by atoms with Gasteiger partial charge in [-0.3, -0.25) is 0 Å². The van der Waals surface area contributed by atoms with Gasteiger partial charge in [0.2, 0.25) is 0 Å². The molecule has 0 N–H and O–H groups in total. The second kappa shape index (κ2) is 6.22. The van der Waals surface area contributed by atoms with E-state index in [0.29, 0.717) is 12.1 Å². The molecule has 116 valence electrons. The molecule has 0 saturated heterocycles. The minimum absolute atomic E-state index is 0.0469. The van der Waals surface area contributed by atoms with Crippen LogP contribution in [0, 0.1) is 24.4 Å². The van der Waals surface area contributed by atoms with Crippen LogP contribution in [-0.2, 0) is 0 Å². The predicted molar refractivity (Wildman–Crippen MR) is 76.5 cm³/mol. The van der Waals surface area contributed by atoms with Crippen molar-refractivity contribution in [2.75, 3.05) is 0 Å². The van der Waals surface area contributed by atoms with Crippen LogP contribution in [0.1, 0.15) is 41.3 Å². The molecule has 0 aromatic heterocycles. The number of rotatable bonds is 3. The lowest BCUT2D eigenvalue weighted by Crippen LogP contribution is -2.15. The van der Waals surface area contributed by atoms with Gasteiger partial charge in [-0.2, -0.15) is 0 Å². The molecule has 0 atom stereocenters. The highest BCUT2D eigenvalue weighted by Crippen LogP contribution is 2.29. The van der Waals surface area contributed by atoms with Gasteiger partial charge in [0, 0.05) is 0 Å². The van der Waals surface area contributed by atoms with Crippen LogP contribution in [0.2, 0.25) is 0 Å². The fourth-order valence-electron chi connectivity index (χ4n) is 2.07. The van der Waals surface area contributed by atoms with Crippen molar-refractivity contribution in [2.24, 2.45) is 0 Å². The molecule has 0 fully saturated rings. The highest BCUT2D eigenvalue weighted by atomic mass is 19.2. The van der Waals surface area contributed by atoms with E-state index in [-0.39, 0.29) is 11.7 Å². The van der Waals surface area contributed by atoms with Crippen LogP contribution >= 0.6 is 0 Å². The molecule has 2 nitrogen and oxygen atoms in total. The molecular weight excluding hydrogens is 293 g/mol. The van der Waals surface area contributed by atoms with Gasteiger partial charge < -0.3 is 4.74 Å². The highest BCUT2D eigenvalue weighted by Gasteiger charge is 2.23. The summed E-state index contributed by atoms with van der Waals surface area (Å²) in [4.78, 5) is 12.0. The summed E-state index contributed by atoms with van der Waals surface area (Å²) >= 11 is 0. The Morgan fingerprint density at radius 1 is 1.05 bits per heavy atom. The molecule has 22 heavy (non-hydrogen) atoms. The summed E-state index contributed by atoms with van der Waals surface area (Å²) in [6.07, 6.45) is 0. The van der Waals surface area contributed by atoms with Crippen molar-refractivity contribution in [2.45, 2.75) is 26.7 Å².